The van der Waals surface area contributed by atoms with E-state index in [0.717, 1.165) is 12.1 Å². The van der Waals surface area contributed by atoms with Crippen LogP contribution in [-0.2, 0) is 6.42 Å². The van der Waals surface area contributed by atoms with Crippen LogP contribution in [-0.4, -0.2) is 22.2 Å². The van der Waals surface area contributed by atoms with Crippen molar-refractivity contribution in [2.24, 2.45) is 0 Å². The van der Waals surface area contributed by atoms with Crippen LogP contribution in [0.25, 0.3) is 0 Å². The minimum absolute atomic E-state index is 0.459. The summed E-state index contributed by atoms with van der Waals surface area (Å²) in [4.78, 5) is 4.25. The zero-order valence-electron chi connectivity index (χ0n) is 12.7. The van der Waals surface area contributed by atoms with Gasteiger partial charge in [-0.15, -0.1) is 0 Å². The molecule has 1 aromatic heterocycles. The number of nitrogens with zero attached hydrogens (tertiary/aromatic N) is 1. The minimum Gasteiger partial charge on any atom is -0.423 e. The van der Waals surface area contributed by atoms with E-state index >= 15 is 0 Å². The van der Waals surface area contributed by atoms with Crippen LogP contribution >= 0.6 is 0 Å². The molecule has 0 spiro atoms. The van der Waals surface area contributed by atoms with E-state index in [9.17, 15) is 0 Å². The molecular formula is C16H28BNO2. The van der Waals surface area contributed by atoms with Gasteiger partial charge in [-0.05, 0) is 18.9 Å². The van der Waals surface area contributed by atoms with Gasteiger partial charge in [0.05, 0.1) is 0 Å². The van der Waals surface area contributed by atoms with E-state index < -0.39 is 7.12 Å². The van der Waals surface area contributed by atoms with Gasteiger partial charge in [0.25, 0.3) is 0 Å². The summed E-state index contributed by atoms with van der Waals surface area (Å²) in [5, 5.41) is 18.0. The van der Waals surface area contributed by atoms with Crippen molar-refractivity contribution >= 4 is 12.6 Å². The highest BCUT2D eigenvalue weighted by molar-refractivity contribution is 6.58. The Morgan fingerprint density at radius 2 is 1.50 bits per heavy atom. The molecule has 0 unspecified atom stereocenters. The molecule has 4 heteroatoms. The van der Waals surface area contributed by atoms with E-state index in [1.54, 1.807) is 12.3 Å². The molecule has 0 aliphatic rings. The predicted molar refractivity (Wildman–Crippen MR) is 85.0 cm³/mol. The molecule has 0 amide bonds. The summed E-state index contributed by atoms with van der Waals surface area (Å²) in [6.07, 6.45) is 14.5. The lowest BCUT2D eigenvalue weighted by Gasteiger charge is -2.03. The molecule has 112 valence electrons. The van der Waals surface area contributed by atoms with Gasteiger partial charge >= 0.3 is 7.12 Å². The van der Waals surface area contributed by atoms with Gasteiger partial charge in [0, 0.05) is 17.4 Å². The van der Waals surface area contributed by atoms with Gasteiger partial charge in [-0.25, -0.2) is 0 Å². The van der Waals surface area contributed by atoms with Gasteiger partial charge in [0.2, 0.25) is 0 Å². The van der Waals surface area contributed by atoms with Crippen molar-refractivity contribution < 1.29 is 10.0 Å². The second kappa shape index (κ2) is 10.9. The van der Waals surface area contributed by atoms with Crippen LogP contribution in [0.4, 0.5) is 0 Å². The molecule has 0 atom stereocenters. The standard InChI is InChI=1S/C16H28BNO2/c1-2-3-4-5-6-7-8-9-10-11-16-13-12-15(14-18-16)17(19)20/h12-14,19-20H,2-11H2,1H3. The summed E-state index contributed by atoms with van der Waals surface area (Å²) in [7, 11) is -1.41. The Labute approximate surface area is 123 Å². The third-order valence-corrected chi connectivity index (χ3v) is 3.68. The molecule has 0 radical (unpaired) electrons. The van der Waals surface area contributed by atoms with Crippen molar-refractivity contribution in [1.29, 1.82) is 0 Å². The van der Waals surface area contributed by atoms with Crippen molar-refractivity contribution in [3.8, 4) is 0 Å². The third kappa shape index (κ3) is 7.66. The van der Waals surface area contributed by atoms with Gasteiger partial charge in [0.1, 0.15) is 0 Å². The predicted octanol–water partition coefficient (Wildman–Crippen LogP) is 2.83. The summed E-state index contributed by atoms with van der Waals surface area (Å²) >= 11 is 0. The van der Waals surface area contributed by atoms with Gasteiger partial charge < -0.3 is 10.0 Å². The van der Waals surface area contributed by atoms with Gasteiger partial charge in [0.15, 0.2) is 0 Å². The number of aromatic nitrogens is 1. The highest BCUT2D eigenvalue weighted by atomic mass is 16.4. The van der Waals surface area contributed by atoms with E-state index in [-0.39, 0.29) is 0 Å². The first-order valence-corrected chi connectivity index (χ1v) is 8.05. The fraction of sp³-hybridized carbons (Fsp3) is 0.688. The fourth-order valence-corrected chi connectivity index (χ4v) is 2.35. The molecule has 1 heterocycles. The van der Waals surface area contributed by atoms with Crippen LogP contribution in [0.15, 0.2) is 18.3 Å². The quantitative estimate of drug-likeness (QED) is 0.483. The Balaban J connectivity index is 2.01. The van der Waals surface area contributed by atoms with E-state index in [2.05, 4.69) is 11.9 Å². The van der Waals surface area contributed by atoms with Gasteiger partial charge in [-0.3, -0.25) is 4.98 Å². The topological polar surface area (TPSA) is 53.4 Å². The lowest BCUT2D eigenvalue weighted by atomic mass is 9.81. The molecule has 3 nitrogen and oxygen atoms in total. The van der Waals surface area contributed by atoms with Crippen molar-refractivity contribution in [2.45, 2.75) is 71.1 Å². The molecule has 1 rings (SSSR count). The van der Waals surface area contributed by atoms with Crippen molar-refractivity contribution in [3.63, 3.8) is 0 Å². The largest absolute Gasteiger partial charge is 0.490 e. The molecule has 2 N–H and O–H groups in total. The van der Waals surface area contributed by atoms with E-state index in [0.29, 0.717) is 5.46 Å². The van der Waals surface area contributed by atoms with E-state index in [4.69, 9.17) is 10.0 Å². The Morgan fingerprint density at radius 1 is 0.900 bits per heavy atom. The number of unbranched alkanes of at least 4 members (excludes halogenated alkanes) is 8. The van der Waals surface area contributed by atoms with Crippen LogP contribution in [0.1, 0.15) is 70.4 Å². The Morgan fingerprint density at radius 3 is 2.00 bits per heavy atom. The van der Waals surface area contributed by atoms with Gasteiger partial charge in [-0.2, -0.15) is 0 Å². The molecule has 0 saturated heterocycles. The summed E-state index contributed by atoms with van der Waals surface area (Å²) in [6.45, 7) is 2.25. The first-order valence-electron chi connectivity index (χ1n) is 8.05. The number of hydrogen-bond acceptors (Lipinski definition) is 3. The van der Waals surface area contributed by atoms with E-state index in [1.165, 1.54) is 57.8 Å². The molecule has 0 fully saturated rings. The monoisotopic (exact) mass is 277 g/mol. The normalized spacial score (nSPS) is 10.8. The van der Waals surface area contributed by atoms with Crippen molar-refractivity contribution in [2.75, 3.05) is 0 Å². The number of rotatable bonds is 11. The van der Waals surface area contributed by atoms with Crippen LogP contribution < -0.4 is 5.46 Å². The molecule has 0 aliphatic carbocycles. The van der Waals surface area contributed by atoms with Gasteiger partial charge in [-0.1, -0.05) is 64.4 Å². The summed E-state index contributed by atoms with van der Waals surface area (Å²) in [6, 6.07) is 3.63. The first kappa shape index (κ1) is 17.2. The molecule has 20 heavy (non-hydrogen) atoms. The summed E-state index contributed by atoms with van der Waals surface area (Å²) in [5.74, 6) is 0. The Hall–Kier alpha value is -0.865. The smallest absolute Gasteiger partial charge is 0.423 e. The maximum absolute atomic E-state index is 8.98. The maximum atomic E-state index is 8.98. The highest BCUT2D eigenvalue weighted by Gasteiger charge is 2.10. The average molecular weight is 277 g/mol. The van der Waals surface area contributed by atoms with E-state index in [1.807, 2.05) is 6.07 Å². The van der Waals surface area contributed by atoms with Crippen LogP contribution in [0, 0.1) is 0 Å². The van der Waals surface area contributed by atoms with Crippen molar-refractivity contribution in [1.82, 2.24) is 4.98 Å². The lowest BCUT2D eigenvalue weighted by molar-refractivity contribution is 0.425. The number of hydrogen-bond donors (Lipinski definition) is 2. The zero-order chi connectivity index (χ0) is 14.6. The Kier molecular flexibility index (Phi) is 9.34. The van der Waals surface area contributed by atoms with Crippen LogP contribution in [0.2, 0.25) is 0 Å². The molecule has 0 saturated carbocycles. The molecule has 0 aromatic carbocycles. The first-order chi connectivity index (χ1) is 9.74. The molecule has 1 aromatic rings. The second-order valence-electron chi connectivity index (χ2n) is 5.53. The summed E-state index contributed by atoms with van der Waals surface area (Å²) in [5.41, 5.74) is 1.50. The lowest BCUT2D eigenvalue weighted by Crippen LogP contribution is -2.30. The number of pyridine rings is 1. The second-order valence-corrected chi connectivity index (χ2v) is 5.53. The molecule has 0 bridgehead atoms. The van der Waals surface area contributed by atoms with Crippen LogP contribution in [0.5, 0.6) is 0 Å². The molecular weight excluding hydrogens is 249 g/mol. The minimum atomic E-state index is -1.41. The van der Waals surface area contributed by atoms with Crippen molar-refractivity contribution in [3.05, 3.63) is 24.0 Å². The zero-order valence-corrected chi connectivity index (χ0v) is 12.7. The fourth-order valence-electron chi connectivity index (χ4n) is 2.35. The molecule has 0 aliphatic heterocycles. The third-order valence-electron chi connectivity index (χ3n) is 3.68. The Bertz CT molecular complexity index is 341. The van der Waals surface area contributed by atoms with Crippen LogP contribution in [0.3, 0.4) is 0 Å². The highest BCUT2D eigenvalue weighted by Crippen LogP contribution is 2.10. The average Bonchev–Trinajstić information content (AvgIpc) is 2.46. The SMILES string of the molecule is CCCCCCCCCCCc1ccc(B(O)O)cn1. The number of aryl methyl sites for hydroxylation is 1. The maximum Gasteiger partial charge on any atom is 0.490 e. The summed E-state index contributed by atoms with van der Waals surface area (Å²) < 4.78 is 0.